The Hall–Kier alpha value is -2.56. The molecule has 0 spiro atoms. The molecule has 7 nitrogen and oxygen atoms in total. The number of alkyl halides is 3. The molecule has 2 aromatic heterocycles. The highest BCUT2D eigenvalue weighted by Crippen LogP contribution is 2.40. The summed E-state index contributed by atoms with van der Waals surface area (Å²) in [6.07, 6.45) is -2.24. The molecule has 2 aromatic rings. The Labute approximate surface area is 187 Å². The number of carbonyl (C=O) groups excluding carboxylic acids is 2. The molecule has 1 N–H and O–H groups in total. The average molecular weight is 471 g/mol. The first-order valence-electron chi connectivity index (χ1n) is 10.6. The lowest BCUT2D eigenvalue weighted by Gasteiger charge is -2.34. The van der Waals surface area contributed by atoms with Gasteiger partial charge in [0.2, 0.25) is 0 Å². The minimum Gasteiger partial charge on any atom is -0.446 e. The number of fused-ring (bicyclic) bond motifs is 1. The Balaban J connectivity index is 1.52. The maximum Gasteiger partial charge on any atom is 0.417 e. The van der Waals surface area contributed by atoms with E-state index in [4.69, 9.17) is 4.74 Å². The molecule has 0 unspecified atom stereocenters. The number of hydrogen-bond donors (Lipinski definition) is 1. The van der Waals surface area contributed by atoms with Crippen molar-refractivity contribution in [1.29, 1.82) is 0 Å². The molecule has 11 heteroatoms. The van der Waals surface area contributed by atoms with E-state index in [0.29, 0.717) is 32.5 Å². The number of anilines is 1. The second-order valence-electron chi connectivity index (χ2n) is 8.19. The number of halogens is 3. The van der Waals surface area contributed by atoms with Gasteiger partial charge in [-0.25, -0.2) is 9.78 Å². The molecular weight excluding hydrogens is 445 g/mol. The first-order chi connectivity index (χ1) is 15.2. The van der Waals surface area contributed by atoms with Gasteiger partial charge in [0, 0.05) is 50.9 Å². The van der Waals surface area contributed by atoms with Crippen LogP contribution in [0.3, 0.4) is 0 Å². The van der Waals surface area contributed by atoms with Crippen molar-refractivity contribution in [3.05, 3.63) is 22.6 Å². The van der Waals surface area contributed by atoms with Gasteiger partial charge in [-0.05, 0) is 25.8 Å². The Kier molecular flexibility index (Phi) is 6.19. The summed E-state index contributed by atoms with van der Waals surface area (Å²) in [5, 5.41) is 3.85. The third kappa shape index (κ3) is 4.35. The Morgan fingerprint density at radius 3 is 2.53 bits per heavy atom. The number of carbonyl (C=O) groups is 2. The van der Waals surface area contributed by atoms with Gasteiger partial charge in [-0.3, -0.25) is 4.79 Å². The van der Waals surface area contributed by atoms with Crippen molar-refractivity contribution in [2.75, 3.05) is 31.6 Å². The van der Waals surface area contributed by atoms with Crippen LogP contribution in [-0.2, 0) is 10.9 Å². The molecule has 0 radical (unpaired) electrons. The maximum atomic E-state index is 13.7. The number of ether oxygens (including phenoxy) is 1. The van der Waals surface area contributed by atoms with Crippen molar-refractivity contribution in [3.63, 3.8) is 0 Å². The number of thiophene rings is 1. The van der Waals surface area contributed by atoms with Crippen molar-refractivity contribution < 1.29 is 27.5 Å². The quantitative estimate of drug-likeness (QED) is 0.726. The molecule has 32 heavy (non-hydrogen) atoms. The molecule has 0 aliphatic carbocycles. The predicted molar refractivity (Wildman–Crippen MR) is 115 cm³/mol. The van der Waals surface area contributed by atoms with Gasteiger partial charge in [-0.2, -0.15) is 13.2 Å². The molecule has 0 saturated carbocycles. The van der Waals surface area contributed by atoms with Gasteiger partial charge >= 0.3 is 12.3 Å². The lowest BCUT2D eigenvalue weighted by atomic mass is 10.1. The molecule has 2 amide bonds. The highest BCUT2D eigenvalue weighted by Gasteiger charge is 2.36. The summed E-state index contributed by atoms with van der Waals surface area (Å²) >= 11 is 0.862. The zero-order valence-corrected chi connectivity index (χ0v) is 18.7. The Bertz CT molecular complexity index is 1020. The molecule has 0 bridgehead atoms. The van der Waals surface area contributed by atoms with Gasteiger partial charge in [0.25, 0.3) is 5.91 Å². The van der Waals surface area contributed by atoms with Crippen molar-refractivity contribution in [2.45, 2.75) is 50.9 Å². The van der Waals surface area contributed by atoms with E-state index < -0.39 is 17.6 Å². The summed E-state index contributed by atoms with van der Waals surface area (Å²) < 4.78 is 46.8. The van der Waals surface area contributed by atoms with Crippen LogP contribution in [0.5, 0.6) is 0 Å². The second kappa shape index (κ2) is 8.76. The van der Waals surface area contributed by atoms with Crippen LogP contribution in [0.1, 0.15) is 48.5 Å². The summed E-state index contributed by atoms with van der Waals surface area (Å²) in [4.78, 5) is 32.4. The molecule has 0 aromatic carbocycles. The van der Waals surface area contributed by atoms with Crippen LogP contribution in [0.2, 0.25) is 0 Å². The molecule has 2 aliphatic heterocycles. The smallest absolute Gasteiger partial charge is 0.417 e. The number of hydrogen-bond acceptors (Lipinski definition) is 6. The van der Waals surface area contributed by atoms with E-state index in [1.807, 2.05) is 6.92 Å². The topological polar surface area (TPSA) is 74.8 Å². The second-order valence-corrected chi connectivity index (χ2v) is 9.07. The van der Waals surface area contributed by atoms with Crippen molar-refractivity contribution in [2.24, 2.45) is 0 Å². The van der Waals surface area contributed by atoms with Crippen LogP contribution in [0.4, 0.5) is 23.8 Å². The van der Waals surface area contributed by atoms with E-state index in [2.05, 4.69) is 10.3 Å². The van der Waals surface area contributed by atoms with Crippen molar-refractivity contribution in [3.8, 4) is 0 Å². The van der Waals surface area contributed by atoms with E-state index in [-0.39, 0.29) is 39.8 Å². The third-order valence-corrected chi connectivity index (χ3v) is 7.11. The molecule has 2 fully saturated rings. The highest BCUT2D eigenvalue weighted by molar-refractivity contribution is 7.17. The largest absolute Gasteiger partial charge is 0.446 e. The van der Waals surface area contributed by atoms with Crippen LogP contribution >= 0.6 is 11.3 Å². The van der Waals surface area contributed by atoms with Crippen LogP contribution < -0.4 is 10.2 Å². The standard InChI is InChI=1S/C21H25F3N4O3S/c1-12-4-3-7-28(12)20(30)31-13-5-8-27(9-6-13)16-10-15(21(22,23)24)18-17(26-16)14(11-32-18)19(29)25-2/h10-13H,3-9H2,1-2H3,(H,25,29)/t12-/m0/s1. The van der Waals surface area contributed by atoms with Crippen LogP contribution in [-0.4, -0.2) is 60.7 Å². The first-order valence-corrected chi connectivity index (χ1v) is 11.5. The van der Waals surface area contributed by atoms with E-state index in [1.54, 1.807) is 9.80 Å². The minimum atomic E-state index is -4.57. The summed E-state index contributed by atoms with van der Waals surface area (Å²) in [7, 11) is 1.43. The van der Waals surface area contributed by atoms with Crippen molar-refractivity contribution in [1.82, 2.24) is 15.2 Å². The molecule has 1 atom stereocenters. The minimum absolute atomic E-state index is 0.0516. The molecule has 2 saturated heterocycles. The first kappa shape index (κ1) is 22.6. The number of aromatic nitrogens is 1. The fourth-order valence-electron chi connectivity index (χ4n) is 4.28. The number of nitrogens with zero attached hydrogens (tertiary/aromatic N) is 3. The maximum absolute atomic E-state index is 13.7. The lowest BCUT2D eigenvalue weighted by Crippen LogP contribution is -2.42. The lowest BCUT2D eigenvalue weighted by molar-refractivity contribution is -0.136. The van der Waals surface area contributed by atoms with Gasteiger partial charge in [0.15, 0.2) is 0 Å². The number of nitrogens with one attached hydrogen (secondary N) is 1. The third-order valence-electron chi connectivity index (χ3n) is 6.11. The average Bonchev–Trinajstić information content (AvgIpc) is 3.38. The van der Waals surface area contributed by atoms with E-state index >= 15 is 0 Å². The van der Waals surface area contributed by atoms with Crippen molar-refractivity contribution >= 4 is 39.4 Å². The molecule has 4 rings (SSSR count). The Morgan fingerprint density at radius 2 is 1.94 bits per heavy atom. The summed E-state index contributed by atoms with van der Waals surface area (Å²) in [5.74, 6) is -0.304. The molecule has 174 valence electrons. The SMILES string of the molecule is CNC(=O)c1csc2c(C(F)(F)F)cc(N3CCC(OC(=O)N4CCC[C@@H]4C)CC3)nc12. The number of rotatable bonds is 3. The zero-order chi connectivity index (χ0) is 23.0. The van der Waals surface area contributed by atoms with E-state index in [0.717, 1.165) is 30.2 Å². The van der Waals surface area contributed by atoms with Gasteiger partial charge in [-0.15, -0.1) is 11.3 Å². The normalized spacial score (nSPS) is 20.1. The van der Waals surface area contributed by atoms with Crippen LogP contribution in [0, 0.1) is 0 Å². The number of piperidine rings is 1. The summed E-state index contributed by atoms with van der Waals surface area (Å²) in [6, 6.07) is 1.21. The number of amides is 2. The molecule has 4 heterocycles. The fourth-order valence-corrected chi connectivity index (χ4v) is 5.30. The molecular formula is C21H25F3N4O3S. The number of likely N-dealkylation sites (tertiary alicyclic amines) is 1. The highest BCUT2D eigenvalue weighted by atomic mass is 32.1. The Morgan fingerprint density at radius 1 is 1.22 bits per heavy atom. The predicted octanol–water partition coefficient (Wildman–Crippen LogP) is 4.26. The van der Waals surface area contributed by atoms with Gasteiger partial charge in [0.05, 0.1) is 21.3 Å². The summed E-state index contributed by atoms with van der Waals surface area (Å²) in [5.41, 5.74) is -0.617. The van der Waals surface area contributed by atoms with E-state index in [1.165, 1.54) is 12.4 Å². The fraction of sp³-hybridized carbons (Fsp3) is 0.571. The monoisotopic (exact) mass is 470 g/mol. The summed E-state index contributed by atoms with van der Waals surface area (Å²) in [6.45, 7) is 3.50. The molecule has 2 aliphatic rings. The van der Waals surface area contributed by atoms with Gasteiger partial charge in [-0.1, -0.05) is 0 Å². The van der Waals surface area contributed by atoms with Crippen LogP contribution in [0.25, 0.3) is 10.2 Å². The van der Waals surface area contributed by atoms with Crippen LogP contribution in [0.15, 0.2) is 11.4 Å². The zero-order valence-electron chi connectivity index (χ0n) is 17.9. The van der Waals surface area contributed by atoms with Gasteiger partial charge < -0.3 is 19.9 Å². The van der Waals surface area contributed by atoms with E-state index in [9.17, 15) is 22.8 Å². The van der Waals surface area contributed by atoms with Gasteiger partial charge in [0.1, 0.15) is 11.9 Å². The number of pyridine rings is 1.